The van der Waals surface area contributed by atoms with Gasteiger partial charge in [0.15, 0.2) is 11.5 Å². The van der Waals surface area contributed by atoms with Crippen molar-refractivity contribution in [3.05, 3.63) is 78.6 Å². The third-order valence-corrected chi connectivity index (χ3v) is 6.46. The van der Waals surface area contributed by atoms with Crippen molar-refractivity contribution in [3.8, 4) is 33.9 Å². The van der Waals surface area contributed by atoms with Crippen molar-refractivity contribution in [1.82, 2.24) is 39.8 Å². The van der Waals surface area contributed by atoms with Crippen LogP contribution in [-0.2, 0) is 16.6 Å². The fraction of sp³-hybridized carbons (Fsp3) is 0.0800. The SMILES string of the molecule is CS(=O)(=O)NCc1cc(F)cc(-c2cncc3[nH]c(-c4n[nH]c5ccc(-c6cccnc6)nc45)nc23)c1. The summed E-state index contributed by atoms with van der Waals surface area (Å²) in [7, 11) is -3.43. The minimum atomic E-state index is -3.43. The van der Waals surface area contributed by atoms with Crippen molar-refractivity contribution >= 4 is 32.1 Å². The number of nitrogens with zero attached hydrogens (tertiary/aromatic N) is 5. The lowest BCUT2D eigenvalue weighted by Crippen LogP contribution is -2.21. The summed E-state index contributed by atoms with van der Waals surface area (Å²) >= 11 is 0. The molecule has 0 aliphatic rings. The minimum Gasteiger partial charge on any atom is -0.335 e. The average molecular weight is 515 g/mol. The Kier molecular flexibility index (Phi) is 5.46. The number of aromatic amines is 2. The molecule has 0 aliphatic carbocycles. The van der Waals surface area contributed by atoms with Crippen LogP contribution in [0, 0.1) is 5.82 Å². The molecule has 0 amide bonds. The number of halogens is 1. The van der Waals surface area contributed by atoms with Crippen molar-refractivity contribution in [3.63, 3.8) is 0 Å². The summed E-state index contributed by atoms with van der Waals surface area (Å²) in [5, 5.41) is 7.42. The number of pyridine rings is 3. The van der Waals surface area contributed by atoms with Gasteiger partial charge in [0.2, 0.25) is 10.0 Å². The molecule has 0 radical (unpaired) electrons. The molecule has 6 rings (SSSR count). The van der Waals surface area contributed by atoms with Crippen LogP contribution in [0.4, 0.5) is 4.39 Å². The van der Waals surface area contributed by atoms with E-state index in [0.717, 1.165) is 23.0 Å². The van der Waals surface area contributed by atoms with Gasteiger partial charge in [0.25, 0.3) is 0 Å². The van der Waals surface area contributed by atoms with E-state index in [0.29, 0.717) is 44.8 Å². The standard InChI is InChI=1S/C25H19FN8O2S/c1-37(35,36)29-10-14-7-16(9-17(26)8-14)18-12-28-13-21-22(18)32-25(31-21)24-23-20(33-34-24)5-4-19(30-23)15-3-2-6-27-11-15/h2-9,11-13,29H,10H2,1H3,(H,31,32)(H,33,34). The zero-order valence-corrected chi connectivity index (χ0v) is 20.2. The second-order valence-electron chi connectivity index (χ2n) is 8.52. The van der Waals surface area contributed by atoms with Crippen molar-refractivity contribution in [1.29, 1.82) is 0 Å². The number of H-pyrrole nitrogens is 2. The summed E-state index contributed by atoms with van der Waals surface area (Å²) in [5.41, 5.74) is 6.30. The Hall–Kier alpha value is -4.55. The van der Waals surface area contributed by atoms with Crippen molar-refractivity contribution in [2.45, 2.75) is 6.54 Å². The van der Waals surface area contributed by atoms with Crippen LogP contribution in [0.15, 0.2) is 67.3 Å². The number of hydrogen-bond acceptors (Lipinski definition) is 7. The number of imidazole rings is 1. The first-order chi connectivity index (χ1) is 17.8. The molecule has 12 heteroatoms. The molecule has 6 aromatic rings. The van der Waals surface area contributed by atoms with Crippen LogP contribution < -0.4 is 4.72 Å². The molecule has 0 spiro atoms. The lowest BCUT2D eigenvalue weighted by atomic mass is 10.0. The molecule has 0 bridgehead atoms. The van der Waals surface area contributed by atoms with E-state index in [9.17, 15) is 12.8 Å². The molecule has 0 unspecified atom stereocenters. The number of fused-ring (bicyclic) bond motifs is 2. The van der Waals surface area contributed by atoms with E-state index in [-0.39, 0.29) is 6.54 Å². The Morgan fingerprint density at radius 3 is 2.65 bits per heavy atom. The number of hydrogen-bond donors (Lipinski definition) is 3. The number of rotatable bonds is 6. The molecule has 37 heavy (non-hydrogen) atoms. The normalized spacial score (nSPS) is 11.9. The van der Waals surface area contributed by atoms with E-state index >= 15 is 0 Å². The van der Waals surface area contributed by atoms with Gasteiger partial charge in [-0.25, -0.2) is 27.5 Å². The average Bonchev–Trinajstić information content (AvgIpc) is 3.51. The summed E-state index contributed by atoms with van der Waals surface area (Å²) in [5.74, 6) is -0.0253. The lowest BCUT2D eigenvalue weighted by molar-refractivity contribution is 0.586. The molecular weight excluding hydrogens is 495 g/mol. The summed E-state index contributed by atoms with van der Waals surface area (Å²) in [6, 6.07) is 11.9. The van der Waals surface area contributed by atoms with E-state index < -0.39 is 15.8 Å². The second-order valence-corrected chi connectivity index (χ2v) is 10.3. The minimum absolute atomic E-state index is 0.0387. The first-order valence-electron chi connectivity index (χ1n) is 11.2. The van der Waals surface area contributed by atoms with Crippen LogP contribution in [0.25, 0.3) is 56.0 Å². The summed E-state index contributed by atoms with van der Waals surface area (Å²) in [6.07, 6.45) is 7.72. The molecule has 1 aromatic carbocycles. The lowest BCUT2D eigenvalue weighted by Gasteiger charge is -2.07. The third kappa shape index (κ3) is 4.55. The molecular formula is C25H19FN8O2S. The highest BCUT2D eigenvalue weighted by Crippen LogP contribution is 2.32. The zero-order valence-electron chi connectivity index (χ0n) is 19.4. The number of nitrogens with one attached hydrogen (secondary N) is 3. The molecule has 5 heterocycles. The Labute approximate surface area is 210 Å². The van der Waals surface area contributed by atoms with E-state index in [2.05, 4.69) is 29.9 Å². The zero-order chi connectivity index (χ0) is 25.6. The van der Waals surface area contributed by atoms with Gasteiger partial charge in [-0.1, -0.05) is 0 Å². The van der Waals surface area contributed by atoms with Crippen molar-refractivity contribution in [2.24, 2.45) is 0 Å². The van der Waals surface area contributed by atoms with E-state index in [4.69, 9.17) is 9.97 Å². The van der Waals surface area contributed by atoms with Crippen molar-refractivity contribution < 1.29 is 12.8 Å². The molecule has 0 saturated heterocycles. The molecule has 0 aliphatic heterocycles. The molecule has 3 N–H and O–H groups in total. The maximum atomic E-state index is 14.5. The Balaban J connectivity index is 1.44. The van der Waals surface area contributed by atoms with Crippen LogP contribution in [0.5, 0.6) is 0 Å². The smallest absolute Gasteiger partial charge is 0.209 e. The Morgan fingerprint density at radius 1 is 0.946 bits per heavy atom. The van der Waals surface area contributed by atoms with Gasteiger partial charge in [-0.15, -0.1) is 0 Å². The first-order valence-corrected chi connectivity index (χ1v) is 13.1. The molecule has 5 aromatic heterocycles. The van der Waals surface area contributed by atoms with E-state index in [1.807, 2.05) is 24.3 Å². The van der Waals surface area contributed by atoms with Gasteiger partial charge in [-0.3, -0.25) is 15.1 Å². The van der Waals surface area contributed by atoms with Gasteiger partial charge in [0, 0.05) is 36.3 Å². The van der Waals surface area contributed by atoms with Gasteiger partial charge in [0.05, 0.1) is 34.7 Å². The maximum Gasteiger partial charge on any atom is 0.209 e. The predicted octanol–water partition coefficient (Wildman–Crippen LogP) is 3.81. The maximum absolute atomic E-state index is 14.5. The fourth-order valence-corrected chi connectivity index (χ4v) is 4.55. The predicted molar refractivity (Wildman–Crippen MR) is 137 cm³/mol. The second kappa shape index (κ2) is 8.84. The number of sulfonamides is 1. The molecule has 0 atom stereocenters. The van der Waals surface area contributed by atoms with Crippen LogP contribution in [-0.4, -0.2) is 49.8 Å². The molecule has 184 valence electrons. The first kappa shape index (κ1) is 22.9. The van der Waals surface area contributed by atoms with Gasteiger partial charge in [0.1, 0.15) is 11.3 Å². The van der Waals surface area contributed by atoms with Gasteiger partial charge < -0.3 is 4.98 Å². The highest BCUT2D eigenvalue weighted by Gasteiger charge is 2.18. The van der Waals surface area contributed by atoms with Crippen molar-refractivity contribution in [2.75, 3.05) is 6.26 Å². The highest BCUT2D eigenvalue weighted by atomic mass is 32.2. The quantitative estimate of drug-likeness (QED) is 0.307. The van der Waals surface area contributed by atoms with E-state index in [1.165, 1.54) is 12.1 Å². The van der Waals surface area contributed by atoms with Crippen LogP contribution >= 0.6 is 0 Å². The van der Waals surface area contributed by atoms with Gasteiger partial charge in [-0.2, -0.15) is 5.10 Å². The summed E-state index contributed by atoms with van der Waals surface area (Å²) < 4.78 is 39.8. The highest BCUT2D eigenvalue weighted by molar-refractivity contribution is 7.88. The topological polar surface area (TPSA) is 142 Å². The third-order valence-electron chi connectivity index (χ3n) is 5.79. The van der Waals surface area contributed by atoms with Crippen LogP contribution in [0.3, 0.4) is 0 Å². The van der Waals surface area contributed by atoms with Crippen LogP contribution in [0.2, 0.25) is 0 Å². The molecule has 10 nitrogen and oxygen atoms in total. The van der Waals surface area contributed by atoms with Crippen LogP contribution in [0.1, 0.15) is 5.56 Å². The fourth-order valence-electron chi connectivity index (χ4n) is 4.12. The number of aromatic nitrogens is 7. The molecule has 0 saturated carbocycles. The van der Waals surface area contributed by atoms with E-state index in [1.54, 1.807) is 30.9 Å². The molecule has 0 fully saturated rings. The monoisotopic (exact) mass is 514 g/mol. The summed E-state index contributed by atoms with van der Waals surface area (Å²) in [6.45, 7) is -0.0387. The van der Waals surface area contributed by atoms with Gasteiger partial charge >= 0.3 is 0 Å². The largest absolute Gasteiger partial charge is 0.335 e. The number of benzene rings is 1. The summed E-state index contributed by atoms with van der Waals surface area (Å²) in [4.78, 5) is 21.2. The Bertz CT molecular complexity index is 1880. The van der Waals surface area contributed by atoms with Gasteiger partial charge in [-0.05, 0) is 53.6 Å². The Morgan fingerprint density at radius 2 is 1.84 bits per heavy atom.